The van der Waals surface area contributed by atoms with Gasteiger partial charge in [-0.15, -0.1) is 0 Å². The zero-order valence-corrected chi connectivity index (χ0v) is 11.7. The second-order valence-electron chi connectivity index (χ2n) is 4.23. The zero-order chi connectivity index (χ0) is 14.3. The molecule has 1 aliphatic heterocycles. The molecule has 0 saturated carbocycles. The number of aliphatic carboxylic acids is 1. The summed E-state index contributed by atoms with van der Waals surface area (Å²) in [6, 6.07) is -1.78. The Morgan fingerprint density at radius 1 is 1.58 bits per heavy atom. The molecule has 3 N–H and O–H groups in total. The summed E-state index contributed by atoms with van der Waals surface area (Å²) in [5, 5.41) is 20.7. The number of morpholine rings is 1. The third-order valence-electron chi connectivity index (χ3n) is 2.91. The van der Waals surface area contributed by atoms with Gasteiger partial charge in [0.15, 0.2) is 0 Å². The number of amides is 2. The molecule has 2 amide bonds. The molecule has 0 aromatic rings. The number of aliphatic hydroxyl groups excluding tert-OH is 1. The average molecular weight is 292 g/mol. The van der Waals surface area contributed by atoms with E-state index in [9.17, 15) is 14.7 Å². The van der Waals surface area contributed by atoms with Crippen LogP contribution in [-0.2, 0) is 9.53 Å². The lowest BCUT2D eigenvalue weighted by Crippen LogP contribution is -2.56. The molecular formula is C11H20N2O5S. The van der Waals surface area contributed by atoms with Gasteiger partial charge in [0.05, 0.1) is 25.9 Å². The van der Waals surface area contributed by atoms with Crippen molar-refractivity contribution in [3.63, 3.8) is 0 Å². The zero-order valence-electron chi connectivity index (χ0n) is 10.9. The molecule has 1 saturated heterocycles. The van der Waals surface area contributed by atoms with E-state index >= 15 is 0 Å². The van der Waals surface area contributed by atoms with Crippen molar-refractivity contribution in [1.29, 1.82) is 0 Å². The van der Waals surface area contributed by atoms with Gasteiger partial charge in [-0.2, -0.15) is 11.8 Å². The monoisotopic (exact) mass is 292 g/mol. The van der Waals surface area contributed by atoms with Crippen molar-refractivity contribution in [3.8, 4) is 0 Å². The number of carboxylic acids is 1. The van der Waals surface area contributed by atoms with Gasteiger partial charge in [0.2, 0.25) is 0 Å². The Morgan fingerprint density at radius 3 is 2.89 bits per heavy atom. The maximum absolute atomic E-state index is 12.0. The number of hydrogen-bond acceptors (Lipinski definition) is 5. The standard InChI is InChI=1S/C11H20N2O5S/c1-19-5-2-9(10(15)16)12-11(17)13-3-4-18-7-8(13)6-14/h8-9,14H,2-7H2,1H3,(H,12,17)(H,15,16). The maximum atomic E-state index is 12.0. The van der Waals surface area contributed by atoms with Crippen LogP contribution in [0.2, 0.25) is 0 Å². The van der Waals surface area contributed by atoms with Crippen molar-refractivity contribution < 1.29 is 24.5 Å². The fourth-order valence-electron chi connectivity index (χ4n) is 1.80. The van der Waals surface area contributed by atoms with E-state index in [0.717, 1.165) is 0 Å². The lowest BCUT2D eigenvalue weighted by atomic mass is 10.2. The second-order valence-corrected chi connectivity index (χ2v) is 5.21. The van der Waals surface area contributed by atoms with Gasteiger partial charge in [-0.3, -0.25) is 0 Å². The Morgan fingerprint density at radius 2 is 2.32 bits per heavy atom. The minimum absolute atomic E-state index is 0.198. The molecule has 2 atom stereocenters. The fraction of sp³-hybridized carbons (Fsp3) is 0.818. The molecule has 2 unspecified atom stereocenters. The summed E-state index contributed by atoms with van der Waals surface area (Å²) in [4.78, 5) is 24.5. The van der Waals surface area contributed by atoms with Crippen molar-refractivity contribution >= 4 is 23.8 Å². The first-order valence-corrected chi connectivity index (χ1v) is 7.47. The van der Waals surface area contributed by atoms with E-state index in [1.54, 1.807) is 0 Å². The van der Waals surface area contributed by atoms with E-state index in [2.05, 4.69) is 5.32 Å². The number of urea groups is 1. The largest absolute Gasteiger partial charge is 0.480 e. The predicted octanol–water partition coefficient (Wildman–Crippen LogP) is -0.405. The number of carbonyl (C=O) groups is 2. The number of ether oxygens (including phenoxy) is 1. The summed E-state index contributed by atoms with van der Waals surface area (Å²) in [6.07, 6.45) is 2.25. The molecule has 0 bridgehead atoms. The first kappa shape index (κ1) is 16.1. The molecule has 0 spiro atoms. The summed E-state index contributed by atoms with van der Waals surface area (Å²) in [7, 11) is 0. The van der Waals surface area contributed by atoms with Crippen molar-refractivity contribution in [1.82, 2.24) is 10.2 Å². The molecule has 0 aromatic heterocycles. The molecule has 19 heavy (non-hydrogen) atoms. The Hall–Kier alpha value is -0.990. The first-order chi connectivity index (χ1) is 9.10. The van der Waals surface area contributed by atoms with E-state index in [1.807, 2.05) is 6.26 Å². The van der Waals surface area contributed by atoms with Crippen LogP contribution in [0.3, 0.4) is 0 Å². The van der Waals surface area contributed by atoms with Gasteiger partial charge in [0.25, 0.3) is 0 Å². The van der Waals surface area contributed by atoms with Crippen molar-refractivity contribution in [2.45, 2.75) is 18.5 Å². The highest BCUT2D eigenvalue weighted by Gasteiger charge is 2.29. The summed E-state index contributed by atoms with van der Waals surface area (Å²) in [5.74, 6) is -0.389. The third kappa shape index (κ3) is 4.88. The van der Waals surface area contributed by atoms with Crippen LogP contribution in [0.1, 0.15) is 6.42 Å². The minimum atomic E-state index is -1.05. The maximum Gasteiger partial charge on any atom is 0.326 e. The SMILES string of the molecule is CSCCC(NC(=O)N1CCOCC1CO)C(=O)O. The van der Waals surface area contributed by atoms with Crippen LogP contribution in [0.4, 0.5) is 4.79 Å². The number of aliphatic hydroxyl groups is 1. The Balaban J connectivity index is 2.56. The van der Waals surface area contributed by atoms with Gasteiger partial charge < -0.3 is 25.2 Å². The van der Waals surface area contributed by atoms with E-state index in [1.165, 1.54) is 16.7 Å². The van der Waals surface area contributed by atoms with Crippen LogP contribution in [0.15, 0.2) is 0 Å². The van der Waals surface area contributed by atoms with Crippen LogP contribution in [0.5, 0.6) is 0 Å². The number of hydrogen-bond donors (Lipinski definition) is 3. The van der Waals surface area contributed by atoms with Gasteiger partial charge in [-0.1, -0.05) is 0 Å². The Labute approximate surface area is 116 Å². The van der Waals surface area contributed by atoms with Crippen molar-refractivity contribution in [2.24, 2.45) is 0 Å². The number of rotatable bonds is 6. The topological polar surface area (TPSA) is 99.1 Å². The fourth-order valence-corrected chi connectivity index (χ4v) is 2.27. The number of nitrogens with one attached hydrogen (secondary N) is 1. The number of carbonyl (C=O) groups excluding carboxylic acids is 1. The number of thioether (sulfide) groups is 1. The molecule has 0 radical (unpaired) electrons. The lowest BCUT2D eigenvalue weighted by Gasteiger charge is -2.35. The van der Waals surface area contributed by atoms with E-state index in [4.69, 9.17) is 9.84 Å². The van der Waals surface area contributed by atoms with Gasteiger partial charge in [0, 0.05) is 6.54 Å². The third-order valence-corrected chi connectivity index (χ3v) is 3.55. The number of nitrogens with zero attached hydrogens (tertiary/aromatic N) is 1. The smallest absolute Gasteiger partial charge is 0.326 e. The van der Waals surface area contributed by atoms with Gasteiger partial charge in [-0.05, 0) is 18.4 Å². The molecule has 1 aliphatic rings. The van der Waals surface area contributed by atoms with Crippen LogP contribution < -0.4 is 5.32 Å². The minimum Gasteiger partial charge on any atom is -0.480 e. The lowest BCUT2D eigenvalue weighted by molar-refractivity contribution is -0.139. The summed E-state index contributed by atoms with van der Waals surface area (Å²) in [5.41, 5.74) is 0. The average Bonchev–Trinajstić information content (AvgIpc) is 2.42. The van der Waals surface area contributed by atoms with Crippen LogP contribution in [0, 0.1) is 0 Å². The van der Waals surface area contributed by atoms with Crippen LogP contribution in [-0.4, -0.2) is 77.6 Å². The highest BCUT2D eigenvalue weighted by atomic mass is 32.2. The summed E-state index contributed by atoms with van der Waals surface area (Å²) < 4.78 is 5.17. The van der Waals surface area contributed by atoms with Crippen LogP contribution >= 0.6 is 11.8 Å². The van der Waals surface area contributed by atoms with Crippen molar-refractivity contribution in [3.05, 3.63) is 0 Å². The quantitative estimate of drug-likeness (QED) is 0.616. The second kappa shape index (κ2) is 8.23. The Kier molecular flexibility index (Phi) is 6.96. The molecule has 1 fully saturated rings. The van der Waals surface area contributed by atoms with Crippen LogP contribution in [0.25, 0.3) is 0 Å². The van der Waals surface area contributed by atoms with Gasteiger partial charge in [0.1, 0.15) is 6.04 Å². The van der Waals surface area contributed by atoms with Gasteiger partial charge >= 0.3 is 12.0 Å². The predicted molar refractivity (Wildman–Crippen MR) is 71.4 cm³/mol. The highest BCUT2D eigenvalue weighted by Crippen LogP contribution is 2.08. The molecule has 1 rings (SSSR count). The molecule has 110 valence electrons. The molecule has 0 aliphatic carbocycles. The number of carboxylic acid groups (broad SMARTS) is 1. The Bertz CT molecular complexity index is 315. The van der Waals surface area contributed by atoms with Crippen molar-refractivity contribution in [2.75, 3.05) is 38.4 Å². The molecular weight excluding hydrogens is 272 g/mol. The molecule has 7 nitrogen and oxygen atoms in total. The molecule has 0 aromatic carbocycles. The molecule has 8 heteroatoms. The van der Waals surface area contributed by atoms with E-state index < -0.39 is 24.1 Å². The van der Waals surface area contributed by atoms with Gasteiger partial charge in [-0.25, -0.2) is 9.59 Å². The summed E-state index contributed by atoms with van der Waals surface area (Å²) in [6.45, 7) is 0.820. The summed E-state index contributed by atoms with van der Waals surface area (Å²) >= 11 is 1.53. The molecule has 1 heterocycles. The van der Waals surface area contributed by atoms with E-state index in [0.29, 0.717) is 25.3 Å². The first-order valence-electron chi connectivity index (χ1n) is 6.07. The van der Waals surface area contributed by atoms with E-state index in [-0.39, 0.29) is 13.2 Å². The highest BCUT2D eigenvalue weighted by molar-refractivity contribution is 7.98. The normalized spacial score (nSPS) is 20.9.